The number of nitrogens with zero attached hydrogens (tertiary/aromatic N) is 2. The van der Waals surface area contributed by atoms with Crippen molar-refractivity contribution in [2.45, 2.75) is 88.6 Å². The van der Waals surface area contributed by atoms with E-state index in [1.54, 1.807) is 0 Å². The summed E-state index contributed by atoms with van der Waals surface area (Å²) in [5, 5.41) is 24.4. The molecule has 3 aromatic carbocycles. The van der Waals surface area contributed by atoms with E-state index >= 15 is 0 Å². The Balaban J connectivity index is 1.08. The number of aliphatic carboxylic acids is 1. The van der Waals surface area contributed by atoms with Crippen LogP contribution < -0.4 is 15.5 Å². The molecule has 0 saturated carbocycles. The van der Waals surface area contributed by atoms with Gasteiger partial charge in [-0.1, -0.05) is 73.2 Å². The molecule has 3 saturated heterocycles. The number of piperidine rings is 1. The van der Waals surface area contributed by atoms with Gasteiger partial charge in [0.05, 0.1) is 25.5 Å². The molecule has 50 heavy (non-hydrogen) atoms. The largest absolute Gasteiger partial charge is 0.481 e. The summed E-state index contributed by atoms with van der Waals surface area (Å²) in [7, 11) is 0. The first-order chi connectivity index (χ1) is 24.3. The number of likely N-dealkylation sites (tertiary alicyclic amines) is 1. The quantitative estimate of drug-likeness (QED) is 0.176. The van der Waals surface area contributed by atoms with Gasteiger partial charge in [0.15, 0.2) is 6.29 Å². The van der Waals surface area contributed by atoms with Crippen LogP contribution in [0.15, 0.2) is 78.9 Å². The molecular weight excluding hydrogens is 636 g/mol. The van der Waals surface area contributed by atoms with E-state index in [9.17, 15) is 19.5 Å². The van der Waals surface area contributed by atoms with Crippen molar-refractivity contribution in [3.8, 4) is 0 Å². The fourth-order valence-electron chi connectivity index (χ4n) is 7.28. The molecule has 1 spiro atoms. The van der Waals surface area contributed by atoms with Crippen molar-refractivity contribution in [3.63, 3.8) is 0 Å². The zero-order chi connectivity index (χ0) is 34.9. The number of unbranched alkanes of at least 4 members (excludes halogenated alkanes) is 2. The topological polar surface area (TPSA) is 141 Å². The maximum atomic E-state index is 13.2. The lowest BCUT2D eigenvalue weighted by atomic mass is 9.85. The van der Waals surface area contributed by atoms with Crippen LogP contribution in [0.5, 0.6) is 0 Å². The fourth-order valence-corrected chi connectivity index (χ4v) is 7.28. The van der Waals surface area contributed by atoms with Gasteiger partial charge in [0, 0.05) is 56.7 Å². The number of carboxylic acids is 1. The minimum atomic E-state index is -0.809. The molecule has 3 aliphatic heterocycles. The number of para-hydroxylation sites is 1. The van der Waals surface area contributed by atoms with Gasteiger partial charge in [-0.15, -0.1) is 0 Å². The van der Waals surface area contributed by atoms with Crippen LogP contribution in [0.3, 0.4) is 0 Å². The van der Waals surface area contributed by atoms with Crippen LogP contribution in [-0.4, -0.2) is 70.8 Å². The van der Waals surface area contributed by atoms with Crippen LogP contribution in [0.4, 0.5) is 5.69 Å². The molecule has 2 amide bonds. The molecule has 4 N–H and O–H groups in total. The summed E-state index contributed by atoms with van der Waals surface area (Å²) >= 11 is 0. The van der Waals surface area contributed by atoms with Crippen LogP contribution in [0.2, 0.25) is 0 Å². The second-order valence-corrected chi connectivity index (χ2v) is 13.6. The number of carbonyl (C=O) groups excluding carboxylic acids is 2. The van der Waals surface area contributed by atoms with E-state index in [1.165, 1.54) is 0 Å². The number of aliphatic hydroxyl groups excluding tert-OH is 1. The van der Waals surface area contributed by atoms with Crippen molar-refractivity contribution in [1.82, 2.24) is 15.5 Å². The molecule has 6 rings (SSSR count). The molecule has 3 unspecified atom stereocenters. The SMILES string of the molecule is O=C(O)CCCCCC(=O)NCc1ccc(C2OC(CN3CCC4(CC3)C(=O)NCN4c3ccccc3)CC(c3ccc(CO)cc3)O2)cc1. The Hall–Kier alpha value is -4.29. The number of carboxylic acid groups (broad SMARTS) is 1. The van der Waals surface area contributed by atoms with Crippen molar-refractivity contribution < 1.29 is 34.1 Å². The van der Waals surface area contributed by atoms with Gasteiger partial charge in [-0.3, -0.25) is 14.4 Å². The number of hydrogen-bond donors (Lipinski definition) is 4. The highest BCUT2D eigenvalue weighted by molar-refractivity contribution is 5.93. The second kappa shape index (κ2) is 16.6. The minimum absolute atomic E-state index is 0.0179. The number of rotatable bonds is 14. The van der Waals surface area contributed by atoms with E-state index in [2.05, 4.69) is 32.6 Å². The number of amides is 2. The van der Waals surface area contributed by atoms with Crippen LogP contribution in [0, 0.1) is 0 Å². The van der Waals surface area contributed by atoms with E-state index in [0.29, 0.717) is 51.9 Å². The standard InChI is InChI=1S/C39H48N4O7/c44-26-29-13-15-30(16-14-29)34-23-33(25-42-21-19-39(20-22-42)38(48)41-27-43(39)32-7-3-1-4-8-32)49-37(50-34)31-17-11-28(12-18-31)24-40-35(45)9-5-2-6-10-36(46)47/h1,3-4,7-8,11-18,33-34,37,44H,2,5-6,9-10,19-27H2,(H,40,45)(H,41,48)(H,46,47). The van der Waals surface area contributed by atoms with E-state index in [1.807, 2.05) is 66.7 Å². The molecular formula is C39H48N4O7. The number of aliphatic hydroxyl groups is 1. The van der Waals surface area contributed by atoms with E-state index in [-0.39, 0.29) is 37.0 Å². The van der Waals surface area contributed by atoms with Gasteiger partial charge < -0.3 is 40.1 Å². The number of anilines is 1. The third-order valence-electron chi connectivity index (χ3n) is 10.2. The summed E-state index contributed by atoms with van der Waals surface area (Å²) in [5.74, 6) is -0.756. The third-order valence-corrected chi connectivity index (χ3v) is 10.2. The lowest BCUT2D eigenvalue weighted by Gasteiger charge is -2.45. The molecule has 3 atom stereocenters. The summed E-state index contributed by atoms with van der Waals surface area (Å²) < 4.78 is 13.2. The van der Waals surface area contributed by atoms with Crippen LogP contribution in [0.25, 0.3) is 0 Å². The average Bonchev–Trinajstić information content (AvgIpc) is 3.46. The monoisotopic (exact) mass is 684 g/mol. The first kappa shape index (κ1) is 35.5. The number of nitrogens with one attached hydrogen (secondary N) is 2. The summed E-state index contributed by atoms with van der Waals surface area (Å²) in [6.07, 6.45) is 3.70. The first-order valence-electron chi connectivity index (χ1n) is 17.7. The van der Waals surface area contributed by atoms with Gasteiger partial charge in [-0.05, 0) is 54.5 Å². The smallest absolute Gasteiger partial charge is 0.303 e. The van der Waals surface area contributed by atoms with Gasteiger partial charge in [0.2, 0.25) is 11.8 Å². The minimum Gasteiger partial charge on any atom is -0.481 e. The molecule has 3 aliphatic rings. The fraction of sp³-hybridized carbons (Fsp3) is 0.462. The number of hydrogen-bond acceptors (Lipinski definition) is 8. The molecule has 0 bridgehead atoms. The molecule has 3 fully saturated rings. The van der Waals surface area contributed by atoms with Crippen molar-refractivity contribution >= 4 is 23.5 Å². The van der Waals surface area contributed by atoms with Crippen LogP contribution in [-0.2, 0) is 37.0 Å². The molecule has 0 aromatic heterocycles. The lowest BCUT2D eigenvalue weighted by Crippen LogP contribution is -2.57. The molecule has 11 heteroatoms. The maximum absolute atomic E-state index is 13.2. The second-order valence-electron chi connectivity index (χ2n) is 13.6. The Morgan fingerprint density at radius 1 is 0.860 bits per heavy atom. The van der Waals surface area contributed by atoms with Gasteiger partial charge in [-0.2, -0.15) is 0 Å². The van der Waals surface area contributed by atoms with Gasteiger partial charge >= 0.3 is 5.97 Å². The van der Waals surface area contributed by atoms with Crippen molar-refractivity contribution in [1.29, 1.82) is 0 Å². The van der Waals surface area contributed by atoms with Gasteiger partial charge in [0.1, 0.15) is 5.54 Å². The first-order valence-corrected chi connectivity index (χ1v) is 17.7. The highest BCUT2D eigenvalue weighted by Crippen LogP contribution is 2.40. The Kier molecular flexibility index (Phi) is 11.8. The predicted molar refractivity (Wildman–Crippen MR) is 188 cm³/mol. The summed E-state index contributed by atoms with van der Waals surface area (Å²) in [6.45, 7) is 3.18. The number of benzene rings is 3. The van der Waals surface area contributed by atoms with E-state index in [4.69, 9.17) is 14.6 Å². The molecule has 266 valence electrons. The third kappa shape index (κ3) is 8.70. The van der Waals surface area contributed by atoms with Gasteiger partial charge in [-0.25, -0.2) is 0 Å². The highest BCUT2D eigenvalue weighted by Gasteiger charge is 2.50. The van der Waals surface area contributed by atoms with E-state index < -0.39 is 17.8 Å². The zero-order valence-corrected chi connectivity index (χ0v) is 28.5. The Bertz CT molecular complexity index is 1580. The predicted octanol–water partition coefficient (Wildman–Crippen LogP) is 4.80. The molecule has 0 radical (unpaired) electrons. The Labute approximate surface area is 293 Å². The number of carbonyl (C=O) groups is 3. The molecule has 3 heterocycles. The van der Waals surface area contributed by atoms with Crippen LogP contribution >= 0.6 is 0 Å². The molecule has 3 aromatic rings. The number of ether oxygens (including phenoxy) is 2. The van der Waals surface area contributed by atoms with Crippen molar-refractivity contribution in [2.75, 3.05) is 31.2 Å². The van der Waals surface area contributed by atoms with Crippen molar-refractivity contribution in [2.24, 2.45) is 0 Å². The highest BCUT2D eigenvalue weighted by atomic mass is 16.7. The van der Waals surface area contributed by atoms with Crippen molar-refractivity contribution in [3.05, 3.63) is 101 Å². The summed E-state index contributed by atoms with van der Waals surface area (Å²) in [4.78, 5) is 40.8. The Morgan fingerprint density at radius 3 is 2.24 bits per heavy atom. The summed E-state index contributed by atoms with van der Waals surface area (Å²) in [6, 6.07) is 25.9. The van der Waals surface area contributed by atoms with E-state index in [0.717, 1.165) is 53.9 Å². The Morgan fingerprint density at radius 2 is 1.54 bits per heavy atom. The molecule has 0 aliphatic carbocycles. The average molecular weight is 685 g/mol. The zero-order valence-electron chi connectivity index (χ0n) is 28.5. The van der Waals surface area contributed by atoms with Crippen LogP contribution in [0.1, 0.15) is 86.0 Å². The normalized spacial score (nSPS) is 22.0. The lowest BCUT2D eigenvalue weighted by molar-refractivity contribution is -0.253. The maximum Gasteiger partial charge on any atom is 0.303 e. The summed E-state index contributed by atoms with van der Waals surface area (Å²) in [5.41, 5.74) is 4.23. The van der Waals surface area contributed by atoms with Gasteiger partial charge in [0.25, 0.3) is 0 Å². The molecule has 11 nitrogen and oxygen atoms in total.